The number of allylic oxidation sites excluding steroid dienone is 1. The Kier molecular flexibility index (Phi) is 6.24. The van der Waals surface area contributed by atoms with Crippen LogP contribution in [0.5, 0.6) is 0 Å². The van der Waals surface area contributed by atoms with Crippen molar-refractivity contribution in [2.45, 2.75) is 30.8 Å². The maximum absolute atomic E-state index is 12.5. The predicted octanol–water partition coefficient (Wildman–Crippen LogP) is 3.23. The van der Waals surface area contributed by atoms with Crippen LogP contribution in [0.25, 0.3) is 11.6 Å². The molecule has 0 spiro atoms. The Hall–Kier alpha value is -2.19. The van der Waals surface area contributed by atoms with Gasteiger partial charge in [-0.05, 0) is 53.3 Å². The molecule has 1 aromatic heterocycles. The number of aliphatic hydroxyl groups is 1. The summed E-state index contributed by atoms with van der Waals surface area (Å²) >= 11 is 0. The predicted molar refractivity (Wildman–Crippen MR) is 114 cm³/mol. The van der Waals surface area contributed by atoms with Crippen molar-refractivity contribution in [1.29, 1.82) is 0 Å². The van der Waals surface area contributed by atoms with E-state index in [1.54, 1.807) is 13.2 Å². The Labute approximate surface area is 176 Å². The Morgan fingerprint density at radius 2 is 2.03 bits per heavy atom. The van der Waals surface area contributed by atoms with Crippen molar-refractivity contribution in [3.8, 4) is 0 Å². The molecule has 2 aromatic rings. The normalized spacial score (nSPS) is 23.2. The number of fused-ring (bicyclic) bond motifs is 1. The Balaban J connectivity index is 1.58. The lowest BCUT2D eigenvalue weighted by atomic mass is 9.94. The summed E-state index contributed by atoms with van der Waals surface area (Å²) in [4.78, 5) is 0. The number of furan rings is 1. The van der Waals surface area contributed by atoms with Crippen molar-refractivity contribution in [2.24, 2.45) is 0 Å². The average Bonchev–Trinajstić information content (AvgIpc) is 3.43. The van der Waals surface area contributed by atoms with E-state index in [0.717, 1.165) is 22.3 Å². The number of rotatable bonds is 8. The first-order valence-corrected chi connectivity index (χ1v) is 11.7. The molecule has 0 amide bonds. The number of methoxy groups -OCH3 is 1. The molecule has 4 rings (SSSR count). The molecule has 1 N–H and O–H groups in total. The molecule has 6 nitrogen and oxygen atoms in total. The zero-order valence-electron chi connectivity index (χ0n) is 16.9. The van der Waals surface area contributed by atoms with E-state index in [9.17, 15) is 13.5 Å². The number of aliphatic hydroxyl groups excluding tert-OH is 1. The first-order chi connectivity index (χ1) is 14.5. The summed E-state index contributed by atoms with van der Waals surface area (Å²) in [7, 11) is -1.62. The smallest absolute Gasteiger partial charge is 0.163 e. The van der Waals surface area contributed by atoms with E-state index >= 15 is 0 Å². The minimum absolute atomic E-state index is 0.0679. The third-order valence-electron chi connectivity index (χ3n) is 5.65. The van der Waals surface area contributed by atoms with Gasteiger partial charge in [-0.3, -0.25) is 0 Å². The first kappa shape index (κ1) is 21.1. The lowest BCUT2D eigenvalue weighted by Crippen LogP contribution is -2.19. The number of benzene rings is 1. The van der Waals surface area contributed by atoms with Crippen LogP contribution >= 0.6 is 0 Å². The van der Waals surface area contributed by atoms with Crippen molar-refractivity contribution in [1.82, 2.24) is 0 Å². The average molecular weight is 431 g/mol. The van der Waals surface area contributed by atoms with E-state index in [1.165, 1.54) is 0 Å². The van der Waals surface area contributed by atoms with Crippen LogP contribution < -0.4 is 0 Å². The van der Waals surface area contributed by atoms with Crippen LogP contribution in [0.1, 0.15) is 29.9 Å². The highest BCUT2D eigenvalue weighted by Gasteiger charge is 2.46. The van der Waals surface area contributed by atoms with E-state index in [-0.39, 0.29) is 25.1 Å². The highest BCUT2D eigenvalue weighted by molar-refractivity contribution is 7.92. The maximum atomic E-state index is 12.5. The van der Waals surface area contributed by atoms with Crippen LogP contribution in [-0.2, 0) is 25.9 Å². The summed E-state index contributed by atoms with van der Waals surface area (Å²) in [6.45, 7) is 0.400. The van der Waals surface area contributed by atoms with Gasteiger partial charge in [0.25, 0.3) is 0 Å². The zero-order valence-corrected chi connectivity index (χ0v) is 17.7. The van der Waals surface area contributed by atoms with Crippen LogP contribution in [0, 0.1) is 0 Å². The summed E-state index contributed by atoms with van der Waals surface area (Å²) in [5.74, 6) is 1.25. The lowest BCUT2D eigenvalue weighted by Gasteiger charge is -2.15. The maximum Gasteiger partial charge on any atom is 0.163 e. The van der Waals surface area contributed by atoms with Crippen LogP contribution in [0.3, 0.4) is 0 Å². The van der Waals surface area contributed by atoms with E-state index in [2.05, 4.69) is 0 Å². The van der Waals surface area contributed by atoms with Crippen molar-refractivity contribution < 1.29 is 27.4 Å². The molecule has 0 aliphatic carbocycles. The molecule has 0 saturated carbocycles. The molecular weight excluding hydrogens is 404 g/mol. The molecule has 1 fully saturated rings. The van der Waals surface area contributed by atoms with Gasteiger partial charge in [-0.25, -0.2) is 8.42 Å². The zero-order chi connectivity index (χ0) is 21.1. The Bertz CT molecular complexity index is 1050. The standard InChI is InChI=1S/C23H26O6S/c1-27-13-18-15-30(25,26)22-14-28-21(23(18)22)10-7-17(16-5-3-2-4-6-16)11-19-8-9-20(12-24)29-19/h2-6,8-9,11,21-22,24H,7,10,12-15H2,1H3/b17-11-/t21-,22+/m1/s1. The second-order valence-corrected chi connectivity index (χ2v) is 9.83. The van der Waals surface area contributed by atoms with Gasteiger partial charge in [0.15, 0.2) is 9.84 Å². The van der Waals surface area contributed by atoms with Gasteiger partial charge in [-0.15, -0.1) is 0 Å². The van der Waals surface area contributed by atoms with E-state index in [0.29, 0.717) is 31.0 Å². The topological polar surface area (TPSA) is 86.0 Å². The highest BCUT2D eigenvalue weighted by Crippen LogP contribution is 2.39. The third-order valence-corrected chi connectivity index (χ3v) is 7.66. The van der Waals surface area contributed by atoms with Gasteiger partial charge in [0.05, 0.1) is 25.1 Å². The van der Waals surface area contributed by atoms with E-state index in [1.807, 2.05) is 42.5 Å². The molecule has 3 heterocycles. The molecule has 30 heavy (non-hydrogen) atoms. The first-order valence-electron chi connectivity index (χ1n) is 10.0. The highest BCUT2D eigenvalue weighted by atomic mass is 32.2. The fourth-order valence-corrected chi connectivity index (χ4v) is 6.20. The van der Waals surface area contributed by atoms with Crippen molar-refractivity contribution in [3.63, 3.8) is 0 Å². The molecule has 0 unspecified atom stereocenters. The van der Waals surface area contributed by atoms with Gasteiger partial charge >= 0.3 is 0 Å². The van der Waals surface area contributed by atoms with E-state index in [4.69, 9.17) is 13.9 Å². The minimum atomic E-state index is -3.20. The van der Waals surface area contributed by atoms with Crippen LogP contribution in [0.4, 0.5) is 0 Å². The fourth-order valence-electron chi connectivity index (χ4n) is 4.28. The SMILES string of the molecule is COCC1=C2[C@@H](CC/C(=C/c3ccc(CO)o3)c3ccccc3)OC[C@@H]2S(=O)(=O)C1. The molecular formula is C23H26O6S. The molecule has 160 valence electrons. The molecule has 2 aliphatic rings. The Morgan fingerprint density at radius 1 is 1.23 bits per heavy atom. The summed E-state index contributed by atoms with van der Waals surface area (Å²) in [5, 5.41) is 8.72. The molecule has 7 heteroatoms. The van der Waals surface area contributed by atoms with Crippen LogP contribution in [0.2, 0.25) is 0 Å². The van der Waals surface area contributed by atoms with Gasteiger partial charge in [0.2, 0.25) is 0 Å². The fraction of sp³-hybridized carbons (Fsp3) is 0.391. The molecule has 2 atom stereocenters. The number of hydrogen-bond acceptors (Lipinski definition) is 6. The van der Waals surface area contributed by atoms with Gasteiger partial charge in [-0.1, -0.05) is 30.3 Å². The molecule has 2 aliphatic heterocycles. The van der Waals surface area contributed by atoms with Crippen LogP contribution in [0.15, 0.2) is 58.0 Å². The van der Waals surface area contributed by atoms with Gasteiger partial charge in [-0.2, -0.15) is 0 Å². The van der Waals surface area contributed by atoms with Gasteiger partial charge in [0, 0.05) is 7.11 Å². The van der Waals surface area contributed by atoms with Crippen molar-refractivity contribution in [2.75, 3.05) is 26.1 Å². The van der Waals surface area contributed by atoms with Crippen LogP contribution in [-0.4, -0.2) is 51.0 Å². The molecule has 1 aromatic carbocycles. The summed E-state index contributed by atoms with van der Waals surface area (Å²) in [6.07, 6.45) is 3.11. The summed E-state index contributed by atoms with van der Waals surface area (Å²) in [6, 6.07) is 13.6. The Morgan fingerprint density at radius 3 is 2.73 bits per heavy atom. The summed E-state index contributed by atoms with van der Waals surface area (Å²) < 4.78 is 41.8. The monoisotopic (exact) mass is 430 g/mol. The largest absolute Gasteiger partial charge is 0.459 e. The lowest BCUT2D eigenvalue weighted by molar-refractivity contribution is 0.118. The van der Waals surface area contributed by atoms with Crippen molar-refractivity contribution >= 4 is 21.5 Å². The quantitative estimate of drug-likeness (QED) is 0.647. The summed E-state index contributed by atoms with van der Waals surface area (Å²) in [5.41, 5.74) is 3.87. The second-order valence-electron chi connectivity index (χ2n) is 7.65. The number of sulfone groups is 1. The molecule has 1 saturated heterocycles. The van der Waals surface area contributed by atoms with Crippen molar-refractivity contribution in [3.05, 3.63) is 70.7 Å². The minimum Gasteiger partial charge on any atom is -0.459 e. The van der Waals surface area contributed by atoms with E-state index < -0.39 is 15.1 Å². The van der Waals surface area contributed by atoms with Gasteiger partial charge < -0.3 is 19.0 Å². The van der Waals surface area contributed by atoms with Gasteiger partial charge in [0.1, 0.15) is 23.4 Å². The number of ether oxygens (including phenoxy) is 2. The molecule has 0 bridgehead atoms. The molecule has 0 radical (unpaired) electrons. The third kappa shape index (κ3) is 4.30. The second kappa shape index (κ2) is 8.89. The number of hydrogen-bond donors (Lipinski definition) is 1.